The highest BCUT2D eigenvalue weighted by atomic mass is 35.5. The topological polar surface area (TPSA) is 48.2 Å². The van der Waals surface area contributed by atoms with Crippen molar-refractivity contribution in [2.24, 2.45) is 0 Å². The third-order valence-electron chi connectivity index (χ3n) is 3.39. The predicted molar refractivity (Wildman–Crippen MR) is 98.2 cm³/mol. The number of ether oxygens (including phenoxy) is 1. The molecule has 2 aromatic carbocycles. The number of para-hydroxylation sites is 1. The first-order valence-corrected chi connectivity index (χ1v) is 8.80. The molecule has 0 N–H and O–H groups in total. The van der Waals surface area contributed by atoms with Gasteiger partial charge < -0.3 is 9.26 Å². The number of benzene rings is 2. The number of methoxy groups -OCH3 is 1. The lowest BCUT2D eigenvalue weighted by atomic mass is 10.2. The lowest BCUT2D eigenvalue weighted by Crippen LogP contribution is -1.88. The van der Waals surface area contributed by atoms with Crippen molar-refractivity contribution in [1.82, 2.24) is 10.1 Å². The average molecular weight is 359 g/mol. The summed E-state index contributed by atoms with van der Waals surface area (Å²) in [5, 5.41) is 4.38. The van der Waals surface area contributed by atoms with E-state index < -0.39 is 0 Å². The number of nitrogens with zero attached hydrogens (tertiary/aromatic N) is 2. The number of halogens is 1. The van der Waals surface area contributed by atoms with Crippen LogP contribution in [-0.2, 0) is 0 Å². The fourth-order valence-electron chi connectivity index (χ4n) is 2.17. The van der Waals surface area contributed by atoms with E-state index in [0.717, 1.165) is 11.1 Å². The summed E-state index contributed by atoms with van der Waals surface area (Å²) in [5.41, 5.74) is 1.72. The molecule has 3 aromatic rings. The maximum Gasteiger partial charge on any atom is 0.269 e. The molecule has 0 bridgehead atoms. The minimum absolute atomic E-state index is 0.270. The molecule has 0 saturated heterocycles. The van der Waals surface area contributed by atoms with Crippen molar-refractivity contribution in [3.8, 4) is 17.1 Å². The first kappa shape index (κ1) is 16.6. The van der Waals surface area contributed by atoms with Gasteiger partial charge in [-0.25, -0.2) is 0 Å². The van der Waals surface area contributed by atoms with Crippen LogP contribution in [0, 0.1) is 0 Å². The molecule has 0 saturated carbocycles. The summed E-state index contributed by atoms with van der Waals surface area (Å²) < 4.78 is 10.6. The highest BCUT2D eigenvalue weighted by Crippen LogP contribution is 2.29. The monoisotopic (exact) mass is 358 g/mol. The zero-order chi connectivity index (χ0) is 16.9. The first-order chi connectivity index (χ1) is 11.7. The van der Waals surface area contributed by atoms with E-state index in [1.807, 2.05) is 54.8 Å². The molecule has 0 unspecified atom stereocenters. The molecule has 122 valence electrons. The first-order valence-electron chi connectivity index (χ1n) is 7.20. The standard InChI is InChI=1S/C18H15ClN2O2S/c1-22-16-6-4-3-5-14(16)17-20-18(23-21-17)15(19)11-12-7-9-13(24-2)10-8-12/h3-11H,1-2H3/b15-11-. The molecule has 1 aromatic heterocycles. The molecule has 0 aliphatic carbocycles. The van der Waals surface area contributed by atoms with E-state index >= 15 is 0 Å². The van der Waals surface area contributed by atoms with Crippen LogP contribution >= 0.6 is 23.4 Å². The van der Waals surface area contributed by atoms with Gasteiger partial charge in [0.15, 0.2) is 0 Å². The van der Waals surface area contributed by atoms with E-state index in [-0.39, 0.29) is 5.89 Å². The van der Waals surface area contributed by atoms with Gasteiger partial charge in [0.2, 0.25) is 5.82 Å². The summed E-state index contributed by atoms with van der Waals surface area (Å²) in [6.45, 7) is 0. The van der Waals surface area contributed by atoms with Crippen molar-refractivity contribution < 1.29 is 9.26 Å². The number of rotatable bonds is 5. The van der Waals surface area contributed by atoms with Crippen molar-refractivity contribution in [3.63, 3.8) is 0 Å². The SMILES string of the molecule is COc1ccccc1-c1noc(/C(Cl)=C/c2ccc(SC)cc2)n1. The Hall–Kier alpha value is -2.24. The van der Waals surface area contributed by atoms with Gasteiger partial charge in [-0.2, -0.15) is 4.98 Å². The molecule has 3 rings (SSSR count). The molecular formula is C18H15ClN2O2S. The van der Waals surface area contributed by atoms with E-state index in [4.69, 9.17) is 20.9 Å². The number of aromatic nitrogens is 2. The lowest BCUT2D eigenvalue weighted by molar-refractivity contribution is 0.406. The molecule has 0 radical (unpaired) electrons. The second-order valence-electron chi connectivity index (χ2n) is 4.89. The van der Waals surface area contributed by atoms with Crippen LogP contribution in [0.15, 0.2) is 57.9 Å². The number of hydrogen-bond donors (Lipinski definition) is 0. The van der Waals surface area contributed by atoms with Crippen LogP contribution in [0.25, 0.3) is 22.5 Å². The average Bonchev–Trinajstić information content (AvgIpc) is 3.12. The third kappa shape index (κ3) is 3.63. The zero-order valence-corrected chi connectivity index (χ0v) is 14.8. The molecule has 6 heteroatoms. The summed E-state index contributed by atoms with van der Waals surface area (Å²) in [4.78, 5) is 5.55. The third-order valence-corrected chi connectivity index (χ3v) is 4.40. The van der Waals surface area contributed by atoms with Gasteiger partial charge in [0, 0.05) is 4.90 Å². The molecule has 4 nitrogen and oxygen atoms in total. The van der Waals surface area contributed by atoms with E-state index in [1.165, 1.54) is 4.90 Å². The van der Waals surface area contributed by atoms with Gasteiger partial charge in [-0.1, -0.05) is 41.0 Å². The van der Waals surface area contributed by atoms with Crippen molar-refractivity contribution in [3.05, 3.63) is 60.0 Å². The Kier molecular flexibility index (Phi) is 5.23. The van der Waals surface area contributed by atoms with Gasteiger partial charge in [0.05, 0.1) is 12.7 Å². The van der Waals surface area contributed by atoms with Crippen molar-refractivity contribution in [1.29, 1.82) is 0 Å². The Labute approximate surface area is 149 Å². The summed E-state index contributed by atoms with van der Waals surface area (Å²) in [5.74, 6) is 1.39. The maximum absolute atomic E-state index is 6.32. The van der Waals surface area contributed by atoms with Crippen LogP contribution in [0.2, 0.25) is 0 Å². The van der Waals surface area contributed by atoms with Gasteiger partial charge in [0.25, 0.3) is 5.89 Å². The Bertz CT molecular complexity index is 859. The molecule has 0 atom stereocenters. The molecule has 1 heterocycles. The van der Waals surface area contributed by atoms with Crippen LogP contribution in [0.1, 0.15) is 11.5 Å². The summed E-state index contributed by atoms with van der Waals surface area (Å²) in [6.07, 6.45) is 3.83. The zero-order valence-electron chi connectivity index (χ0n) is 13.2. The molecule has 0 fully saturated rings. The van der Waals surface area contributed by atoms with Crippen molar-refractivity contribution in [2.75, 3.05) is 13.4 Å². The Morgan fingerprint density at radius 3 is 2.62 bits per heavy atom. The van der Waals surface area contributed by atoms with Crippen LogP contribution in [0.4, 0.5) is 0 Å². The fraction of sp³-hybridized carbons (Fsp3) is 0.111. The van der Waals surface area contributed by atoms with Crippen LogP contribution in [-0.4, -0.2) is 23.5 Å². The van der Waals surface area contributed by atoms with Gasteiger partial charge in [-0.05, 0) is 42.2 Å². The minimum Gasteiger partial charge on any atom is -0.496 e. The van der Waals surface area contributed by atoms with E-state index in [0.29, 0.717) is 16.6 Å². The summed E-state index contributed by atoms with van der Waals surface area (Å²) >= 11 is 8.01. The molecule has 24 heavy (non-hydrogen) atoms. The molecular weight excluding hydrogens is 344 g/mol. The van der Waals surface area contributed by atoms with Gasteiger partial charge in [-0.3, -0.25) is 0 Å². The fourth-order valence-corrected chi connectivity index (χ4v) is 2.78. The van der Waals surface area contributed by atoms with Gasteiger partial charge in [0.1, 0.15) is 10.8 Å². The van der Waals surface area contributed by atoms with Crippen molar-refractivity contribution in [2.45, 2.75) is 4.90 Å². The molecule has 0 aliphatic rings. The molecule has 0 spiro atoms. The Balaban J connectivity index is 1.87. The van der Waals surface area contributed by atoms with E-state index in [1.54, 1.807) is 24.9 Å². The highest BCUT2D eigenvalue weighted by Gasteiger charge is 2.14. The lowest BCUT2D eigenvalue weighted by Gasteiger charge is -2.02. The van der Waals surface area contributed by atoms with Gasteiger partial charge in [-0.15, -0.1) is 11.8 Å². The van der Waals surface area contributed by atoms with Crippen LogP contribution in [0.5, 0.6) is 5.75 Å². The highest BCUT2D eigenvalue weighted by molar-refractivity contribution is 7.98. The summed E-state index contributed by atoms with van der Waals surface area (Å²) in [7, 11) is 1.60. The second-order valence-corrected chi connectivity index (χ2v) is 6.18. The Morgan fingerprint density at radius 1 is 1.17 bits per heavy atom. The number of hydrogen-bond acceptors (Lipinski definition) is 5. The quantitative estimate of drug-likeness (QED) is 0.586. The number of thioether (sulfide) groups is 1. The van der Waals surface area contributed by atoms with Crippen LogP contribution in [0.3, 0.4) is 0 Å². The normalized spacial score (nSPS) is 11.5. The molecule has 0 aliphatic heterocycles. The van der Waals surface area contributed by atoms with E-state index in [2.05, 4.69) is 10.1 Å². The van der Waals surface area contributed by atoms with Crippen molar-refractivity contribution >= 4 is 34.5 Å². The van der Waals surface area contributed by atoms with Gasteiger partial charge >= 0.3 is 0 Å². The smallest absolute Gasteiger partial charge is 0.269 e. The summed E-state index contributed by atoms with van der Waals surface area (Å²) in [6, 6.07) is 15.5. The minimum atomic E-state index is 0.270. The largest absolute Gasteiger partial charge is 0.496 e. The van der Waals surface area contributed by atoms with Crippen LogP contribution < -0.4 is 4.74 Å². The van der Waals surface area contributed by atoms with E-state index in [9.17, 15) is 0 Å². The Morgan fingerprint density at radius 2 is 1.92 bits per heavy atom. The molecule has 0 amide bonds. The maximum atomic E-state index is 6.32. The second kappa shape index (κ2) is 7.55. The predicted octanol–water partition coefficient (Wildman–Crippen LogP) is 5.20.